The second-order valence-electron chi connectivity index (χ2n) is 10.2. The maximum atomic E-state index is 12.4. The number of benzene rings is 3. The molecule has 0 aromatic heterocycles. The van der Waals surface area contributed by atoms with Gasteiger partial charge in [0.1, 0.15) is 23.9 Å². The molecule has 1 aliphatic rings. The maximum Gasteiger partial charge on any atom is 0.573 e. The van der Waals surface area contributed by atoms with Gasteiger partial charge in [-0.05, 0) is 79.4 Å². The summed E-state index contributed by atoms with van der Waals surface area (Å²) in [5, 5.41) is 4.82. The van der Waals surface area contributed by atoms with Crippen LogP contribution in [0.5, 0.6) is 5.75 Å². The third-order valence-corrected chi connectivity index (χ3v) is 7.48. The average molecular weight is 639 g/mol. The highest BCUT2D eigenvalue weighted by molar-refractivity contribution is 8.13. The number of esters is 1. The molecule has 0 spiro atoms. The van der Waals surface area contributed by atoms with E-state index in [0.717, 1.165) is 60.2 Å². The summed E-state index contributed by atoms with van der Waals surface area (Å²) < 4.78 is 46.2. The van der Waals surface area contributed by atoms with Gasteiger partial charge in [-0.15, -0.1) is 13.2 Å². The van der Waals surface area contributed by atoms with Gasteiger partial charge in [-0.1, -0.05) is 55.3 Å². The predicted molar refractivity (Wildman–Crippen MR) is 173 cm³/mol. The Morgan fingerprint density at radius 1 is 1.02 bits per heavy atom. The Morgan fingerprint density at radius 3 is 2.33 bits per heavy atom. The molecular weight excluding hydrogens is 605 g/mol. The van der Waals surface area contributed by atoms with E-state index in [1.165, 1.54) is 30.2 Å². The van der Waals surface area contributed by atoms with Crippen molar-refractivity contribution in [3.05, 3.63) is 89.0 Å². The number of alkyl halides is 3. The van der Waals surface area contributed by atoms with E-state index in [-0.39, 0.29) is 29.4 Å². The second kappa shape index (κ2) is 15.9. The molecule has 1 aliphatic carbocycles. The van der Waals surface area contributed by atoms with Crippen molar-refractivity contribution in [2.75, 3.05) is 5.94 Å². The van der Waals surface area contributed by atoms with Crippen LogP contribution in [0.25, 0.3) is 0 Å². The molecule has 236 valence electrons. The fraction of sp³-hybridized carbons (Fsp3) is 0.281. The highest BCUT2D eigenvalue weighted by atomic mass is 32.2. The summed E-state index contributed by atoms with van der Waals surface area (Å²) in [5.41, 5.74) is 13.7. The number of aliphatic imine (C=N–C) groups is 3. The number of carbonyl (C=O) groups excluding carboxylic acids is 1. The molecule has 9 nitrogen and oxygen atoms in total. The monoisotopic (exact) mass is 638 g/mol. The van der Waals surface area contributed by atoms with Gasteiger partial charge in [0.15, 0.2) is 5.17 Å². The summed E-state index contributed by atoms with van der Waals surface area (Å²) in [5.74, 6) is -0.211. The second-order valence-corrected chi connectivity index (χ2v) is 11.1. The van der Waals surface area contributed by atoms with Crippen molar-refractivity contribution in [2.24, 2.45) is 31.7 Å². The summed E-state index contributed by atoms with van der Waals surface area (Å²) in [6, 6.07) is 18.1. The highest BCUT2D eigenvalue weighted by Crippen LogP contribution is 2.28. The summed E-state index contributed by atoms with van der Waals surface area (Å²) in [6.07, 6.45) is 1.94. The van der Waals surface area contributed by atoms with Crippen LogP contribution < -0.4 is 15.9 Å². The van der Waals surface area contributed by atoms with Gasteiger partial charge in [-0.3, -0.25) is 10.2 Å². The molecule has 0 bridgehead atoms. The molecule has 0 heterocycles. The molecular formula is C32H33F3N6O3S. The van der Waals surface area contributed by atoms with Crippen LogP contribution in [0.2, 0.25) is 0 Å². The van der Waals surface area contributed by atoms with Gasteiger partial charge in [-0.25, -0.2) is 15.0 Å². The number of hydrogen-bond acceptors (Lipinski definition) is 7. The molecule has 0 radical (unpaired) electrons. The third-order valence-electron chi connectivity index (χ3n) is 6.79. The number of thioether (sulfide) groups is 1. The van der Waals surface area contributed by atoms with E-state index < -0.39 is 6.36 Å². The summed E-state index contributed by atoms with van der Waals surface area (Å²) in [6.45, 7) is 3.96. The van der Waals surface area contributed by atoms with Crippen LogP contribution >= 0.6 is 11.8 Å². The van der Waals surface area contributed by atoms with Crippen molar-refractivity contribution in [1.29, 1.82) is 0 Å². The van der Waals surface area contributed by atoms with Crippen LogP contribution in [0.4, 0.5) is 24.5 Å². The molecule has 4 rings (SSSR count). The zero-order valence-corrected chi connectivity index (χ0v) is 25.6. The first-order valence-corrected chi connectivity index (χ1v) is 15.1. The molecule has 1 saturated carbocycles. The van der Waals surface area contributed by atoms with E-state index in [2.05, 4.69) is 25.2 Å². The number of para-hydroxylation sites is 1. The Labute approximate surface area is 263 Å². The standard InChI is InChI=1S/C32H33F3N6O3S/c1-21-6-5-7-22(2)28(21)40-31(45-20-43-30(42)25-8-3-4-9-25)41-39-18-23-10-12-24(13-11-23)29(36)38-19-37-26-14-16-27(17-15-26)44-32(33,34)35/h5-7,10-19,25H,3-4,8-9,20H2,1-2H3,(H,40,41)(H2,36,37,38)/b39-18-. The number of halogens is 3. The third kappa shape index (κ3) is 10.8. The molecule has 13 heteroatoms. The quantitative estimate of drug-likeness (QED) is 0.0790. The first kappa shape index (κ1) is 33.2. The van der Waals surface area contributed by atoms with Crippen molar-refractivity contribution in [2.45, 2.75) is 45.9 Å². The Bertz CT molecular complexity index is 1550. The molecule has 3 aromatic rings. The first-order chi connectivity index (χ1) is 21.6. The van der Waals surface area contributed by atoms with Gasteiger partial charge in [0.25, 0.3) is 0 Å². The number of nitrogens with zero attached hydrogens (tertiary/aromatic N) is 4. The topological polar surface area (TPSA) is 123 Å². The minimum atomic E-state index is -4.76. The van der Waals surface area contributed by atoms with Gasteiger partial charge in [0.2, 0.25) is 0 Å². The lowest BCUT2D eigenvalue weighted by atomic mass is 10.1. The van der Waals surface area contributed by atoms with Crippen molar-refractivity contribution in [1.82, 2.24) is 5.43 Å². The van der Waals surface area contributed by atoms with E-state index in [9.17, 15) is 18.0 Å². The number of ether oxygens (including phenoxy) is 2. The first-order valence-electron chi connectivity index (χ1n) is 14.1. The Hall–Kier alpha value is -4.65. The average Bonchev–Trinajstić information content (AvgIpc) is 3.55. The zero-order valence-electron chi connectivity index (χ0n) is 24.8. The number of nitrogens with two attached hydrogens (primary N) is 1. The normalized spacial score (nSPS) is 14.8. The van der Waals surface area contributed by atoms with E-state index >= 15 is 0 Å². The smallest absolute Gasteiger partial charge is 0.454 e. The fourth-order valence-corrected chi connectivity index (χ4v) is 5.02. The number of nitrogens with one attached hydrogen (secondary N) is 1. The Morgan fingerprint density at radius 2 is 1.69 bits per heavy atom. The highest BCUT2D eigenvalue weighted by Gasteiger charge is 2.31. The van der Waals surface area contributed by atoms with Gasteiger partial charge in [0.05, 0.1) is 23.5 Å². The van der Waals surface area contributed by atoms with Crippen LogP contribution in [0.3, 0.4) is 0 Å². The Kier molecular flexibility index (Phi) is 11.7. The Balaban J connectivity index is 1.36. The zero-order chi connectivity index (χ0) is 32.2. The minimum Gasteiger partial charge on any atom is -0.454 e. The van der Waals surface area contributed by atoms with Gasteiger partial charge < -0.3 is 15.2 Å². The van der Waals surface area contributed by atoms with Crippen molar-refractivity contribution >= 4 is 52.7 Å². The van der Waals surface area contributed by atoms with Crippen LogP contribution in [-0.4, -0.2) is 41.8 Å². The molecule has 0 aliphatic heterocycles. The van der Waals surface area contributed by atoms with E-state index in [4.69, 9.17) is 15.5 Å². The molecule has 3 N–H and O–H groups in total. The summed E-state index contributed by atoms with van der Waals surface area (Å²) in [7, 11) is 0. The van der Waals surface area contributed by atoms with Crippen LogP contribution in [0, 0.1) is 19.8 Å². The number of amidine groups is 2. The van der Waals surface area contributed by atoms with Crippen LogP contribution in [-0.2, 0) is 9.53 Å². The fourth-order valence-electron chi connectivity index (χ4n) is 4.46. The molecule has 1 fully saturated rings. The van der Waals surface area contributed by atoms with Gasteiger partial charge in [0, 0.05) is 5.56 Å². The minimum absolute atomic E-state index is 0.0209. The van der Waals surface area contributed by atoms with Crippen LogP contribution in [0.15, 0.2) is 86.8 Å². The molecule has 0 atom stereocenters. The largest absolute Gasteiger partial charge is 0.573 e. The van der Waals surface area contributed by atoms with E-state index in [1.807, 2.05) is 32.0 Å². The maximum absolute atomic E-state index is 12.4. The summed E-state index contributed by atoms with van der Waals surface area (Å²) in [4.78, 5) is 25.3. The SMILES string of the molecule is Cc1cccc(C)c1N=C(N/N=C\c1ccc(C(N)=NC=Nc2ccc(OC(F)(F)F)cc2)cc1)SCOC(=O)C1CCCC1. The lowest BCUT2D eigenvalue weighted by molar-refractivity contribution is -0.274. The lowest BCUT2D eigenvalue weighted by Gasteiger charge is -2.11. The molecule has 45 heavy (non-hydrogen) atoms. The van der Waals surface area contributed by atoms with E-state index in [1.54, 1.807) is 30.5 Å². The van der Waals surface area contributed by atoms with Crippen molar-refractivity contribution in [3.8, 4) is 5.75 Å². The number of hydrogen-bond donors (Lipinski definition) is 2. The van der Waals surface area contributed by atoms with Crippen molar-refractivity contribution < 1.29 is 27.4 Å². The molecule has 3 aromatic carbocycles. The number of hydrazone groups is 1. The summed E-state index contributed by atoms with van der Waals surface area (Å²) >= 11 is 1.26. The lowest BCUT2D eigenvalue weighted by Crippen LogP contribution is -2.18. The van der Waals surface area contributed by atoms with Gasteiger partial charge in [-0.2, -0.15) is 5.10 Å². The number of carbonyl (C=O) groups is 1. The predicted octanol–water partition coefficient (Wildman–Crippen LogP) is 7.30. The number of rotatable bonds is 10. The van der Waals surface area contributed by atoms with Gasteiger partial charge >= 0.3 is 12.3 Å². The van der Waals surface area contributed by atoms with E-state index in [0.29, 0.717) is 16.4 Å². The molecule has 0 saturated heterocycles. The molecule has 0 amide bonds. The number of aryl methyl sites for hydroxylation is 2. The van der Waals surface area contributed by atoms with Crippen LogP contribution in [0.1, 0.15) is 47.9 Å². The molecule has 0 unspecified atom stereocenters. The van der Waals surface area contributed by atoms with Crippen molar-refractivity contribution in [3.63, 3.8) is 0 Å².